The van der Waals surface area contributed by atoms with Crippen LogP contribution in [0.1, 0.15) is 24.0 Å². The van der Waals surface area contributed by atoms with Crippen LogP contribution in [0.15, 0.2) is 24.3 Å². The first kappa shape index (κ1) is 15.9. The Balaban J connectivity index is 1.92. The lowest BCUT2D eigenvalue weighted by atomic mass is 10.1. The van der Waals surface area contributed by atoms with E-state index in [1.807, 2.05) is 0 Å². The SMILES string of the molecule is N=C(N)c1ccc(CNC(=O)[C@@H]2CCCN2C(=O)CF)cc1. The minimum Gasteiger partial charge on any atom is -0.384 e. The van der Waals surface area contributed by atoms with Gasteiger partial charge in [-0.05, 0) is 18.4 Å². The van der Waals surface area contributed by atoms with Crippen molar-refractivity contribution in [2.75, 3.05) is 13.2 Å². The maximum Gasteiger partial charge on any atom is 0.254 e. The number of nitrogens with two attached hydrogens (primary N) is 1. The second kappa shape index (κ2) is 7.02. The van der Waals surface area contributed by atoms with Crippen molar-refractivity contribution in [1.82, 2.24) is 10.2 Å². The fourth-order valence-corrected chi connectivity index (χ4v) is 2.52. The Labute approximate surface area is 128 Å². The maximum atomic E-state index is 12.5. The van der Waals surface area contributed by atoms with E-state index in [0.717, 1.165) is 5.56 Å². The number of amides is 2. The molecule has 2 rings (SSSR count). The van der Waals surface area contributed by atoms with E-state index in [4.69, 9.17) is 11.1 Å². The molecular weight excluding hydrogens is 287 g/mol. The molecule has 1 atom stereocenters. The number of carbonyl (C=O) groups is 2. The van der Waals surface area contributed by atoms with E-state index in [9.17, 15) is 14.0 Å². The molecule has 0 aromatic heterocycles. The number of benzene rings is 1. The minimum atomic E-state index is -1.07. The summed E-state index contributed by atoms with van der Waals surface area (Å²) in [5, 5.41) is 10.1. The molecule has 0 saturated carbocycles. The number of hydrogen-bond acceptors (Lipinski definition) is 3. The monoisotopic (exact) mass is 306 g/mol. The summed E-state index contributed by atoms with van der Waals surface area (Å²) >= 11 is 0. The van der Waals surface area contributed by atoms with Gasteiger partial charge in [0.25, 0.3) is 5.91 Å². The number of amidine groups is 1. The molecule has 1 aliphatic heterocycles. The molecule has 1 aromatic carbocycles. The Kier molecular flexibility index (Phi) is 5.08. The lowest BCUT2D eigenvalue weighted by molar-refractivity contribution is -0.139. The number of nitrogen functional groups attached to an aromatic ring is 1. The highest BCUT2D eigenvalue weighted by Crippen LogP contribution is 2.17. The summed E-state index contributed by atoms with van der Waals surface area (Å²) in [4.78, 5) is 24.9. The molecule has 2 amide bonds. The first-order valence-corrected chi connectivity index (χ1v) is 7.09. The molecule has 0 radical (unpaired) electrons. The molecule has 1 aromatic rings. The average molecular weight is 306 g/mol. The van der Waals surface area contributed by atoms with Crippen LogP contribution in [-0.2, 0) is 16.1 Å². The molecule has 4 N–H and O–H groups in total. The van der Waals surface area contributed by atoms with Crippen molar-refractivity contribution in [1.29, 1.82) is 5.41 Å². The molecule has 6 nitrogen and oxygen atoms in total. The molecule has 1 aliphatic rings. The van der Waals surface area contributed by atoms with Gasteiger partial charge in [-0.25, -0.2) is 4.39 Å². The Morgan fingerprint density at radius 3 is 2.64 bits per heavy atom. The van der Waals surface area contributed by atoms with Gasteiger partial charge in [0, 0.05) is 18.7 Å². The number of halogens is 1. The Hall–Kier alpha value is -2.44. The van der Waals surface area contributed by atoms with Crippen LogP contribution in [0.25, 0.3) is 0 Å². The number of hydrogen-bond donors (Lipinski definition) is 3. The highest BCUT2D eigenvalue weighted by molar-refractivity contribution is 5.94. The van der Waals surface area contributed by atoms with Crippen LogP contribution < -0.4 is 11.1 Å². The molecule has 1 fully saturated rings. The van der Waals surface area contributed by atoms with Gasteiger partial charge in [0.1, 0.15) is 11.9 Å². The van der Waals surface area contributed by atoms with Crippen LogP contribution in [0.5, 0.6) is 0 Å². The van der Waals surface area contributed by atoms with Gasteiger partial charge in [-0.3, -0.25) is 15.0 Å². The lowest BCUT2D eigenvalue weighted by Crippen LogP contribution is -2.46. The molecular formula is C15H19FN4O2. The van der Waals surface area contributed by atoms with Gasteiger partial charge >= 0.3 is 0 Å². The highest BCUT2D eigenvalue weighted by atomic mass is 19.1. The van der Waals surface area contributed by atoms with Crippen molar-refractivity contribution >= 4 is 17.6 Å². The van der Waals surface area contributed by atoms with E-state index in [0.29, 0.717) is 31.5 Å². The molecule has 1 saturated heterocycles. The molecule has 1 heterocycles. The van der Waals surface area contributed by atoms with Crippen molar-refractivity contribution < 1.29 is 14.0 Å². The summed E-state index contributed by atoms with van der Waals surface area (Å²) in [6, 6.07) is 6.38. The molecule has 7 heteroatoms. The topological polar surface area (TPSA) is 99.3 Å². The second-order valence-corrected chi connectivity index (χ2v) is 5.21. The summed E-state index contributed by atoms with van der Waals surface area (Å²) < 4.78 is 12.5. The van der Waals surface area contributed by atoms with Gasteiger partial charge < -0.3 is 16.0 Å². The van der Waals surface area contributed by atoms with Crippen molar-refractivity contribution in [2.24, 2.45) is 5.73 Å². The summed E-state index contributed by atoms with van der Waals surface area (Å²) in [6.45, 7) is -0.338. The first-order chi connectivity index (χ1) is 10.5. The summed E-state index contributed by atoms with van der Waals surface area (Å²) in [6.07, 6.45) is 1.26. The van der Waals surface area contributed by atoms with Gasteiger partial charge in [-0.2, -0.15) is 0 Å². The third kappa shape index (κ3) is 3.60. The van der Waals surface area contributed by atoms with Crippen molar-refractivity contribution in [3.8, 4) is 0 Å². The van der Waals surface area contributed by atoms with E-state index in [1.165, 1.54) is 4.90 Å². The van der Waals surface area contributed by atoms with Gasteiger partial charge in [0.05, 0.1) is 0 Å². The third-order valence-electron chi connectivity index (χ3n) is 3.72. The van der Waals surface area contributed by atoms with Gasteiger partial charge in [-0.1, -0.05) is 24.3 Å². The van der Waals surface area contributed by atoms with E-state index in [2.05, 4.69) is 5.32 Å². The zero-order chi connectivity index (χ0) is 16.1. The van der Waals surface area contributed by atoms with Crippen LogP contribution in [0, 0.1) is 5.41 Å². The normalized spacial score (nSPS) is 17.3. The van der Waals surface area contributed by atoms with E-state index >= 15 is 0 Å². The minimum absolute atomic E-state index is 0.0121. The van der Waals surface area contributed by atoms with E-state index in [-0.39, 0.29) is 11.7 Å². The summed E-state index contributed by atoms with van der Waals surface area (Å²) in [5.74, 6) is -0.916. The third-order valence-corrected chi connectivity index (χ3v) is 3.72. The van der Waals surface area contributed by atoms with Gasteiger partial charge in [-0.15, -0.1) is 0 Å². The number of alkyl halides is 1. The van der Waals surface area contributed by atoms with Crippen molar-refractivity contribution in [3.05, 3.63) is 35.4 Å². The zero-order valence-electron chi connectivity index (χ0n) is 12.1. The Morgan fingerprint density at radius 1 is 1.36 bits per heavy atom. The summed E-state index contributed by atoms with van der Waals surface area (Å²) in [7, 11) is 0. The maximum absolute atomic E-state index is 12.5. The molecule has 0 bridgehead atoms. The Bertz CT molecular complexity index is 573. The van der Waals surface area contributed by atoms with E-state index < -0.39 is 18.6 Å². The van der Waals surface area contributed by atoms with Crippen LogP contribution >= 0.6 is 0 Å². The predicted molar refractivity (Wildman–Crippen MR) is 80.0 cm³/mol. The fraction of sp³-hybridized carbons (Fsp3) is 0.400. The van der Waals surface area contributed by atoms with Crippen LogP contribution in [0.4, 0.5) is 4.39 Å². The van der Waals surface area contributed by atoms with Crippen LogP contribution in [0.3, 0.4) is 0 Å². The van der Waals surface area contributed by atoms with Gasteiger partial charge in [0.15, 0.2) is 6.67 Å². The van der Waals surface area contributed by atoms with Crippen LogP contribution in [-0.4, -0.2) is 41.8 Å². The molecule has 0 spiro atoms. The number of carbonyl (C=O) groups excluding carboxylic acids is 2. The fourth-order valence-electron chi connectivity index (χ4n) is 2.52. The first-order valence-electron chi connectivity index (χ1n) is 7.09. The molecule has 22 heavy (non-hydrogen) atoms. The van der Waals surface area contributed by atoms with Crippen LogP contribution in [0.2, 0.25) is 0 Å². The smallest absolute Gasteiger partial charge is 0.254 e. The number of rotatable bonds is 5. The predicted octanol–water partition coefficient (Wildman–Crippen LogP) is 0.547. The quantitative estimate of drug-likeness (QED) is 0.547. The lowest BCUT2D eigenvalue weighted by Gasteiger charge is -2.22. The number of likely N-dealkylation sites (tertiary alicyclic amines) is 1. The second-order valence-electron chi connectivity index (χ2n) is 5.21. The van der Waals surface area contributed by atoms with Crippen molar-refractivity contribution in [2.45, 2.75) is 25.4 Å². The number of nitrogens with zero attached hydrogens (tertiary/aromatic N) is 1. The standard InChI is InChI=1S/C15H19FN4O2/c16-8-13(21)20-7-1-2-12(20)15(22)19-9-10-3-5-11(6-4-10)14(17)18/h3-6,12H,1-2,7-9H2,(H3,17,18)(H,19,22)/t12-/m0/s1. The van der Waals surface area contributed by atoms with Gasteiger partial charge in [0.2, 0.25) is 5.91 Å². The van der Waals surface area contributed by atoms with E-state index in [1.54, 1.807) is 24.3 Å². The Morgan fingerprint density at radius 2 is 2.05 bits per heavy atom. The molecule has 0 aliphatic carbocycles. The number of nitrogens with one attached hydrogen (secondary N) is 2. The zero-order valence-corrected chi connectivity index (χ0v) is 12.1. The summed E-state index contributed by atoms with van der Waals surface area (Å²) in [5.41, 5.74) is 6.85. The average Bonchev–Trinajstić information content (AvgIpc) is 3.01. The molecule has 118 valence electrons. The van der Waals surface area contributed by atoms with Crippen molar-refractivity contribution in [3.63, 3.8) is 0 Å². The molecule has 0 unspecified atom stereocenters. The highest BCUT2D eigenvalue weighted by Gasteiger charge is 2.33. The largest absolute Gasteiger partial charge is 0.384 e.